The van der Waals surface area contributed by atoms with E-state index in [2.05, 4.69) is 18.2 Å². The molecule has 6 heteroatoms. The number of carbonyl (C=O) groups excluding carboxylic acids is 1. The second kappa shape index (κ2) is 8.05. The van der Waals surface area contributed by atoms with Crippen LogP contribution in [0.4, 0.5) is 0 Å². The molecule has 1 amide bonds. The Hall–Kier alpha value is -2.96. The molecule has 30 heavy (non-hydrogen) atoms. The molecule has 1 aliphatic heterocycles. The maximum Gasteiger partial charge on any atom is 0.258 e. The summed E-state index contributed by atoms with van der Waals surface area (Å²) in [5.41, 5.74) is 1.72. The molecule has 0 unspecified atom stereocenters. The van der Waals surface area contributed by atoms with Crippen molar-refractivity contribution in [3.63, 3.8) is 0 Å². The van der Waals surface area contributed by atoms with Crippen LogP contribution in [0.25, 0.3) is 21.0 Å². The van der Waals surface area contributed by atoms with E-state index in [-0.39, 0.29) is 5.91 Å². The molecule has 0 spiro atoms. The first-order chi connectivity index (χ1) is 14.7. The summed E-state index contributed by atoms with van der Waals surface area (Å²) in [5.74, 6) is 0.694. The lowest BCUT2D eigenvalue weighted by molar-refractivity contribution is -0.917. The first-order valence-electron chi connectivity index (χ1n) is 10.3. The van der Waals surface area contributed by atoms with Crippen molar-refractivity contribution in [1.29, 1.82) is 0 Å². The number of piperazine rings is 1. The van der Waals surface area contributed by atoms with Gasteiger partial charge in [0, 0.05) is 0 Å². The minimum Gasteiger partial charge on any atom is -0.496 e. The lowest BCUT2D eigenvalue weighted by Gasteiger charge is -2.32. The Morgan fingerprint density at radius 3 is 2.50 bits per heavy atom. The zero-order valence-corrected chi connectivity index (χ0v) is 17.7. The number of fused-ring (bicyclic) bond motifs is 2. The third-order valence-electron chi connectivity index (χ3n) is 5.80. The second-order valence-electron chi connectivity index (χ2n) is 7.69. The number of hydrogen-bond donors (Lipinski definition) is 1. The Balaban J connectivity index is 1.28. The normalized spacial score (nSPS) is 15.0. The fraction of sp³-hybridized carbons (Fsp3) is 0.250. The van der Waals surface area contributed by atoms with Gasteiger partial charge in [-0.05, 0) is 35.0 Å². The summed E-state index contributed by atoms with van der Waals surface area (Å²) in [4.78, 5) is 21.4. The van der Waals surface area contributed by atoms with Gasteiger partial charge in [0.05, 0.1) is 49.1 Å². The number of nitrogens with one attached hydrogen (secondary N) is 1. The number of carbonyl (C=O) groups is 1. The first-order valence-corrected chi connectivity index (χ1v) is 11.1. The summed E-state index contributed by atoms with van der Waals surface area (Å²) in [5, 5.41) is 3.31. The highest BCUT2D eigenvalue weighted by Gasteiger charge is 2.27. The highest BCUT2D eigenvalue weighted by Crippen LogP contribution is 2.27. The highest BCUT2D eigenvalue weighted by molar-refractivity contribution is 7.18. The minimum atomic E-state index is 0.0524. The van der Waals surface area contributed by atoms with Gasteiger partial charge in [-0.15, -0.1) is 11.3 Å². The molecule has 2 heterocycles. The second-order valence-corrected chi connectivity index (χ2v) is 8.81. The van der Waals surface area contributed by atoms with Crippen LogP contribution in [-0.2, 0) is 6.54 Å². The Bertz CT molecular complexity index is 1180. The van der Waals surface area contributed by atoms with Crippen LogP contribution in [0.1, 0.15) is 15.4 Å². The average molecular weight is 419 g/mol. The number of methoxy groups -OCH3 is 1. The van der Waals surface area contributed by atoms with E-state index in [1.54, 1.807) is 18.4 Å². The van der Waals surface area contributed by atoms with Crippen molar-refractivity contribution in [2.45, 2.75) is 6.54 Å². The number of rotatable bonds is 4. The Kier molecular flexibility index (Phi) is 5.11. The quantitative estimate of drug-likeness (QED) is 0.554. The van der Waals surface area contributed by atoms with E-state index in [9.17, 15) is 4.79 Å². The zero-order chi connectivity index (χ0) is 20.5. The molecule has 0 saturated carbocycles. The van der Waals surface area contributed by atoms with Gasteiger partial charge in [0.1, 0.15) is 17.3 Å². The number of amides is 1. The first kappa shape index (κ1) is 19.0. The Labute approximate surface area is 179 Å². The summed E-state index contributed by atoms with van der Waals surface area (Å²) < 4.78 is 6.77. The Morgan fingerprint density at radius 1 is 1.07 bits per heavy atom. The van der Waals surface area contributed by atoms with Crippen LogP contribution in [0.5, 0.6) is 5.75 Å². The molecule has 5 nitrogen and oxygen atoms in total. The van der Waals surface area contributed by atoms with Crippen molar-refractivity contribution < 1.29 is 14.4 Å². The van der Waals surface area contributed by atoms with Crippen molar-refractivity contribution in [1.82, 2.24) is 9.88 Å². The molecule has 0 bridgehead atoms. The van der Waals surface area contributed by atoms with Crippen LogP contribution >= 0.6 is 11.3 Å². The molecule has 3 aromatic carbocycles. The van der Waals surface area contributed by atoms with Crippen molar-refractivity contribution in [3.8, 4) is 5.75 Å². The molecule has 1 aliphatic rings. The van der Waals surface area contributed by atoms with Crippen LogP contribution in [-0.4, -0.2) is 49.1 Å². The number of hydrogen-bond acceptors (Lipinski definition) is 4. The van der Waals surface area contributed by atoms with Gasteiger partial charge in [-0.3, -0.25) is 4.79 Å². The minimum absolute atomic E-state index is 0.0524. The van der Waals surface area contributed by atoms with Gasteiger partial charge in [-0.1, -0.05) is 36.4 Å². The van der Waals surface area contributed by atoms with Gasteiger partial charge in [0.25, 0.3) is 5.91 Å². The number of ether oxygens (including phenoxy) is 1. The van der Waals surface area contributed by atoms with E-state index in [0.717, 1.165) is 49.0 Å². The van der Waals surface area contributed by atoms with Crippen molar-refractivity contribution in [3.05, 3.63) is 71.2 Å². The van der Waals surface area contributed by atoms with Gasteiger partial charge < -0.3 is 14.5 Å². The lowest BCUT2D eigenvalue weighted by atomic mass is 10.0. The highest BCUT2D eigenvalue weighted by atomic mass is 32.1. The summed E-state index contributed by atoms with van der Waals surface area (Å²) in [7, 11) is 1.63. The van der Waals surface area contributed by atoms with Crippen LogP contribution in [0.15, 0.2) is 60.7 Å². The number of quaternary nitrogens is 1. The van der Waals surface area contributed by atoms with Crippen LogP contribution in [0.3, 0.4) is 0 Å². The average Bonchev–Trinajstić information content (AvgIpc) is 3.20. The van der Waals surface area contributed by atoms with Crippen molar-refractivity contribution >= 4 is 38.2 Å². The van der Waals surface area contributed by atoms with Gasteiger partial charge in [0.15, 0.2) is 0 Å². The number of thiazole rings is 1. The van der Waals surface area contributed by atoms with E-state index in [1.165, 1.54) is 14.6 Å². The van der Waals surface area contributed by atoms with Crippen molar-refractivity contribution in [2.24, 2.45) is 0 Å². The predicted octanol–water partition coefficient (Wildman–Crippen LogP) is 3.00. The summed E-state index contributed by atoms with van der Waals surface area (Å²) >= 11 is 1.77. The number of para-hydroxylation sites is 1. The van der Waals surface area contributed by atoms with Crippen LogP contribution < -0.4 is 9.64 Å². The van der Waals surface area contributed by atoms with E-state index >= 15 is 0 Å². The van der Waals surface area contributed by atoms with Crippen LogP contribution in [0, 0.1) is 0 Å². The monoisotopic (exact) mass is 418 g/mol. The molecule has 1 aromatic heterocycles. The maximum atomic E-state index is 13.2. The smallest absolute Gasteiger partial charge is 0.258 e. The van der Waals surface area contributed by atoms with Crippen molar-refractivity contribution in [2.75, 3.05) is 33.3 Å². The lowest BCUT2D eigenvalue weighted by Crippen LogP contribution is -3.13. The Morgan fingerprint density at radius 2 is 1.77 bits per heavy atom. The van der Waals surface area contributed by atoms with Gasteiger partial charge in [0.2, 0.25) is 0 Å². The van der Waals surface area contributed by atoms with Gasteiger partial charge in [-0.2, -0.15) is 0 Å². The van der Waals surface area contributed by atoms with E-state index in [4.69, 9.17) is 9.72 Å². The van der Waals surface area contributed by atoms with Gasteiger partial charge in [-0.25, -0.2) is 4.98 Å². The SMILES string of the molecule is COc1cc2ccccc2cc1C(=O)N1CC[NH+](Cc2nc3ccccc3s2)CC1. The number of aromatic nitrogens is 1. The zero-order valence-electron chi connectivity index (χ0n) is 16.9. The third kappa shape index (κ3) is 3.64. The molecule has 1 N–H and O–H groups in total. The standard InChI is InChI=1S/C24H23N3O2S/c1-29-21-15-18-7-3-2-6-17(18)14-19(21)24(28)27-12-10-26(11-13-27)16-23-25-20-8-4-5-9-22(20)30-23/h2-9,14-15H,10-13,16H2,1H3/p+1. The molecule has 1 saturated heterocycles. The summed E-state index contributed by atoms with van der Waals surface area (Å²) in [6.45, 7) is 4.26. The molecule has 1 fully saturated rings. The number of benzene rings is 3. The molecular weight excluding hydrogens is 394 g/mol. The molecular formula is C24H24N3O2S+. The topological polar surface area (TPSA) is 46.9 Å². The van der Waals surface area contributed by atoms with Crippen LogP contribution in [0.2, 0.25) is 0 Å². The number of nitrogens with zero attached hydrogens (tertiary/aromatic N) is 2. The van der Waals surface area contributed by atoms with Gasteiger partial charge >= 0.3 is 0 Å². The molecule has 5 rings (SSSR count). The fourth-order valence-corrected chi connectivity index (χ4v) is 5.18. The largest absolute Gasteiger partial charge is 0.496 e. The van der Waals surface area contributed by atoms with E-state index in [0.29, 0.717) is 11.3 Å². The van der Waals surface area contributed by atoms with E-state index < -0.39 is 0 Å². The predicted molar refractivity (Wildman–Crippen MR) is 120 cm³/mol. The fourth-order valence-electron chi connectivity index (χ4n) is 4.14. The maximum absolute atomic E-state index is 13.2. The molecule has 4 aromatic rings. The summed E-state index contributed by atoms with van der Waals surface area (Å²) in [6.07, 6.45) is 0. The summed E-state index contributed by atoms with van der Waals surface area (Å²) in [6, 6.07) is 20.3. The molecule has 152 valence electrons. The molecule has 0 radical (unpaired) electrons. The molecule has 0 aliphatic carbocycles. The molecule has 0 atom stereocenters. The third-order valence-corrected chi connectivity index (χ3v) is 6.83. The van der Waals surface area contributed by atoms with E-state index in [1.807, 2.05) is 47.4 Å².